The number of hydrogen-bond donors (Lipinski definition) is 0. The van der Waals surface area contributed by atoms with Crippen LogP contribution in [0.2, 0.25) is 0 Å². The topological polar surface area (TPSA) is 17.1 Å². The van der Waals surface area contributed by atoms with Gasteiger partial charge in [-0.1, -0.05) is 6.92 Å². The zero-order chi connectivity index (χ0) is 10.1. The third kappa shape index (κ3) is 7.39. The fourth-order valence-electron chi connectivity index (χ4n) is 1.26. The fraction of sp³-hybridized carbons (Fsp3) is 0.900. The summed E-state index contributed by atoms with van der Waals surface area (Å²) >= 11 is 7.56. The monoisotopic (exact) mass is 222 g/mol. The standard InChI is InChI=1S/C10H19ClOS/c1-3-13-8-4-5-10(6-7-11)9(2)12/h10H,3-8H2,1-2H3. The highest BCUT2D eigenvalue weighted by Gasteiger charge is 2.12. The lowest BCUT2D eigenvalue weighted by molar-refractivity contribution is -0.121. The first-order valence-corrected chi connectivity index (χ1v) is 6.55. The van der Waals surface area contributed by atoms with E-state index >= 15 is 0 Å². The van der Waals surface area contributed by atoms with Crippen molar-refractivity contribution in [2.45, 2.75) is 33.1 Å². The summed E-state index contributed by atoms with van der Waals surface area (Å²) in [4.78, 5) is 11.1. The van der Waals surface area contributed by atoms with Gasteiger partial charge in [0.15, 0.2) is 0 Å². The Bertz CT molecular complexity index is 139. The molecule has 0 aromatic carbocycles. The maximum Gasteiger partial charge on any atom is 0.132 e. The Kier molecular flexibility index (Phi) is 9.10. The summed E-state index contributed by atoms with van der Waals surface area (Å²) < 4.78 is 0. The summed E-state index contributed by atoms with van der Waals surface area (Å²) in [5.74, 6) is 3.44. The van der Waals surface area contributed by atoms with Gasteiger partial charge in [0.2, 0.25) is 0 Å². The molecule has 0 aromatic heterocycles. The number of thioether (sulfide) groups is 1. The number of rotatable bonds is 8. The predicted molar refractivity (Wildman–Crippen MR) is 61.7 cm³/mol. The van der Waals surface area contributed by atoms with Crippen LogP contribution in [0.5, 0.6) is 0 Å². The van der Waals surface area contributed by atoms with Crippen LogP contribution in [0.1, 0.15) is 33.1 Å². The molecule has 0 saturated heterocycles. The quantitative estimate of drug-likeness (QED) is 0.463. The summed E-state index contributed by atoms with van der Waals surface area (Å²) in [5, 5.41) is 0. The van der Waals surface area contributed by atoms with Gasteiger partial charge in [-0.3, -0.25) is 4.79 Å². The lowest BCUT2D eigenvalue weighted by Crippen LogP contribution is -2.11. The van der Waals surface area contributed by atoms with E-state index in [2.05, 4.69) is 6.92 Å². The molecule has 0 rings (SSSR count). The second-order valence-electron chi connectivity index (χ2n) is 3.12. The van der Waals surface area contributed by atoms with E-state index in [0.717, 1.165) is 19.3 Å². The Hall–Kier alpha value is 0.310. The van der Waals surface area contributed by atoms with Crippen LogP contribution in [0.4, 0.5) is 0 Å². The Morgan fingerprint density at radius 2 is 2.15 bits per heavy atom. The highest BCUT2D eigenvalue weighted by molar-refractivity contribution is 7.99. The van der Waals surface area contributed by atoms with Crippen molar-refractivity contribution in [3.63, 3.8) is 0 Å². The van der Waals surface area contributed by atoms with E-state index in [0.29, 0.717) is 11.7 Å². The third-order valence-electron chi connectivity index (χ3n) is 2.08. The maximum atomic E-state index is 11.1. The molecule has 0 aliphatic heterocycles. The molecule has 0 fully saturated rings. The van der Waals surface area contributed by atoms with Crippen LogP contribution in [0.15, 0.2) is 0 Å². The number of carbonyl (C=O) groups is 1. The second kappa shape index (κ2) is 8.89. The minimum absolute atomic E-state index is 0.204. The van der Waals surface area contributed by atoms with Gasteiger partial charge in [-0.15, -0.1) is 11.6 Å². The molecule has 1 atom stereocenters. The van der Waals surface area contributed by atoms with Crippen LogP contribution in [-0.2, 0) is 4.79 Å². The Morgan fingerprint density at radius 1 is 1.46 bits per heavy atom. The van der Waals surface area contributed by atoms with Crippen LogP contribution in [0.25, 0.3) is 0 Å². The third-order valence-corrected chi connectivity index (χ3v) is 3.28. The molecule has 0 aromatic rings. The molecule has 0 amide bonds. The van der Waals surface area contributed by atoms with Gasteiger partial charge < -0.3 is 0 Å². The van der Waals surface area contributed by atoms with Crippen molar-refractivity contribution in [1.82, 2.24) is 0 Å². The van der Waals surface area contributed by atoms with E-state index in [1.807, 2.05) is 11.8 Å². The van der Waals surface area contributed by atoms with Crippen LogP contribution in [0.3, 0.4) is 0 Å². The maximum absolute atomic E-state index is 11.1. The average molecular weight is 223 g/mol. The molecular weight excluding hydrogens is 204 g/mol. The van der Waals surface area contributed by atoms with Crippen LogP contribution >= 0.6 is 23.4 Å². The Labute approximate surface area is 90.6 Å². The fourth-order valence-corrected chi connectivity index (χ4v) is 2.18. The molecule has 78 valence electrons. The van der Waals surface area contributed by atoms with Gasteiger partial charge >= 0.3 is 0 Å². The lowest BCUT2D eigenvalue weighted by atomic mass is 9.97. The number of hydrogen-bond acceptors (Lipinski definition) is 2. The predicted octanol–water partition coefficient (Wildman–Crippen LogP) is 3.35. The van der Waals surface area contributed by atoms with Crippen molar-refractivity contribution in [1.29, 1.82) is 0 Å². The van der Waals surface area contributed by atoms with Crippen molar-refractivity contribution in [3.8, 4) is 0 Å². The minimum Gasteiger partial charge on any atom is -0.300 e. The van der Waals surface area contributed by atoms with E-state index in [1.165, 1.54) is 11.5 Å². The van der Waals surface area contributed by atoms with Gasteiger partial charge in [0.05, 0.1) is 0 Å². The molecule has 0 aliphatic carbocycles. The molecule has 1 nitrogen and oxygen atoms in total. The van der Waals surface area contributed by atoms with Gasteiger partial charge in [-0.25, -0.2) is 0 Å². The zero-order valence-electron chi connectivity index (χ0n) is 8.51. The largest absolute Gasteiger partial charge is 0.300 e. The molecule has 1 unspecified atom stereocenters. The minimum atomic E-state index is 0.204. The number of carbonyl (C=O) groups excluding carboxylic acids is 1. The molecule has 0 saturated carbocycles. The first-order chi connectivity index (χ1) is 6.22. The molecule has 0 bridgehead atoms. The number of alkyl halides is 1. The number of halogens is 1. The number of ketones is 1. The van der Waals surface area contributed by atoms with Crippen LogP contribution < -0.4 is 0 Å². The van der Waals surface area contributed by atoms with Crippen molar-refractivity contribution < 1.29 is 4.79 Å². The SMILES string of the molecule is CCSCCCC(CCCl)C(C)=O. The van der Waals surface area contributed by atoms with Crippen molar-refractivity contribution in [2.75, 3.05) is 17.4 Å². The van der Waals surface area contributed by atoms with E-state index in [-0.39, 0.29) is 5.92 Å². The molecule has 3 heteroatoms. The van der Waals surface area contributed by atoms with Gasteiger partial charge in [0.1, 0.15) is 5.78 Å². The normalized spacial score (nSPS) is 12.8. The molecule has 0 heterocycles. The lowest BCUT2D eigenvalue weighted by Gasteiger charge is -2.10. The highest BCUT2D eigenvalue weighted by Crippen LogP contribution is 2.15. The highest BCUT2D eigenvalue weighted by atomic mass is 35.5. The van der Waals surface area contributed by atoms with Gasteiger partial charge in [0, 0.05) is 11.8 Å². The summed E-state index contributed by atoms with van der Waals surface area (Å²) in [7, 11) is 0. The van der Waals surface area contributed by atoms with Gasteiger partial charge in [0.25, 0.3) is 0 Å². The smallest absolute Gasteiger partial charge is 0.132 e. The van der Waals surface area contributed by atoms with E-state index in [1.54, 1.807) is 6.92 Å². The molecular formula is C10H19ClOS. The second-order valence-corrected chi connectivity index (χ2v) is 4.90. The molecule has 0 aliphatic rings. The summed E-state index contributed by atoms with van der Waals surface area (Å²) in [6, 6.07) is 0. The first kappa shape index (κ1) is 13.3. The summed E-state index contributed by atoms with van der Waals surface area (Å²) in [6.45, 7) is 3.83. The van der Waals surface area contributed by atoms with Crippen molar-refractivity contribution in [3.05, 3.63) is 0 Å². The average Bonchev–Trinajstić information content (AvgIpc) is 2.10. The van der Waals surface area contributed by atoms with Gasteiger partial charge in [-0.05, 0) is 37.7 Å². The Morgan fingerprint density at radius 3 is 2.62 bits per heavy atom. The Balaban J connectivity index is 3.51. The first-order valence-electron chi connectivity index (χ1n) is 4.86. The summed E-state index contributed by atoms with van der Waals surface area (Å²) in [6.07, 6.45) is 2.99. The van der Waals surface area contributed by atoms with E-state index < -0.39 is 0 Å². The van der Waals surface area contributed by atoms with Crippen LogP contribution in [0, 0.1) is 5.92 Å². The van der Waals surface area contributed by atoms with E-state index in [4.69, 9.17) is 11.6 Å². The van der Waals surface area contributed by atoms with Crippen molar-refractivity contribution >= 4 is 29.1 Å². The zero-order valence-corrected chi connectivity index (χ0v) is 10.1. The van der Waals surface area contributed by atoms with Crippen LogP contribution in [-0.4, -0.2) is 23.2 Å². The molecule has 0 radical (unpaired) electrons. The van der Waals surface area contributed by atoms with E-state index in [9.17, 15) is 4.79 Å². The van der Waals surface area contributed by atoms with Crippen molar-refractivity contribution in [2.24, 2.45) is 5.92 Å². The number of Topliss-reactive ketones (excluding diaryl/α,β-unsaturated/α-hetero) is 1. The summed E-state index contributed by atoms with van der Waals surface area (Å²) in [5.41, 5.74) is 0. The molecule has 0 N–H and O–H groups in total. The molecule has 13 heavy (non-hydrogen) atoms. The molecule has 0 spiro atoms. The van der Waals surface area contributed by atoms with Gasteiger partial charge in [-0.2, -0.15) is 11.8 Å².